The molecule has 1 aromatic rings. The molecule has 10 heteroatoms. The van der Waals surface area contributed by atoms with Crippen LogP contribution in [0.4, 0.5) is 0 Å². The van der Waals surface area contributed by atoms with Crippen LogP contribution in [0.15, 0.2) is 34.1 Å². The van der Waals surface area contributed by atoms with Crippen molar-refractivity contribution in [3.05, 3.63) is 24.3 Å². The van der Waals surface area contributed by atoms with Gasteiger partial charge in [-0.3, -0.25) is 0 Å². The summed E-state index contributed by atoms with van der Waals surface area (Å²) < 4.78 is 50.0. The summed E-state index contributed by atoms with van der Waals surface area (Å²) in [7, 11) is -7.48. The molecule has 0 fully saturated rings. The molecule has 1 aromatic carbocycles. The second-order valence-electron chi connectivity index (χ2n) is 3.15. The zero-order valence-corrected chi connectivity index (χ0v) is 14.0. The van der Waals surface area contributed by atoms with Gasteiger partial charge >= 0.3 is 0 Å². The summed E-state index contributed by atoms with van der Waals surface area (Å²) in [5.74, 6) is 0. The van der Waals surface area contributed by atoms with Crippen LogP contribution >= 0.6 is 32.3 Å². The maximum atomic E-state index is 11.8. The maximum absolute atomic E-state index is 11.8. The SMILES string of the molecule is CCNS(=O)(=O)c1cccc(S(=O)(=O)N(Br)Br)c1. The van der Waals surface area contributed by atoms with Crippen LogP contribution in [0.1, 0.15) is 6.92 Å². The predicted octanol–water partition coefficient (Wildman–Crippen LogP) is 1.60. The Labute approximate surface area is 123 Å². The van der Waals surface area contributed by atoms with Crippen LogP contribution in [0.3, 0.4) is 0 Å². The van der Waals surface area contributed by atoms with Crippen LogP contribution in [-0.4, -0.2) is 25.7 Å². The highest BCUT2D eigenvalue weighted by atomic mass is 79.9. The van der Waals surface area contributed by atoms with Gasteiger partial charge in [-0.2, -0.15) is 0 Å². The van der Waals surface area contributed by atoms with Gasteiger partial charge in [0, 0.05) is 38.8 Å². The van der Waals surface area contributed by atoms with Crippen molar-refractivity contribution >= 4 is 52.3 Å². The first kappa shape index (κ1) is 16.1. The molecular weight excluding hydrogens is 412 g/mol. The topological polar surface area (TPSA) is 83.5 Å². The normalized spacial score (nSPS) is 12.9. The summed E-state index contributed by atoms with van der Waals surface area (Å²) in [4.78, 5) is -0.248. The molecule has 0 aliphatic rings. The Bertz CT molecular complexity index is 628. The third-order valence-electron chi connectivity index (χ3n) is 1.93. The fourth-order valence-corrected chi connectivity index (χ4v) is 4.00. The van der Waals surface area contributed by atoms with Crippen LogP contribution in [0.5, 0.6) is 0 Å². The zero-order chi connectivity index (χ0) is 14.0. The van der Waals surface area contributed by atoms with E-state index in [1.54, 1.807) is 6.92 Å². The quantitative estimate of drug-likeness (QED) is 0.731. The predicted molar refractivity (Wildman–Crippen MR) is 74.2 cm³/mol. The highest BCUT2D eigenvalue weighted by Gasteiger charge is 2.22. The fourth-order valence-electron chi connectivity index (χ4n) is 1.15. The second-order valence-corrected chi connectivity index (χ2v) is 10.0. The van der Waals surface area contributed by atoms with E-state index in [-0.39, 0.29) is 16.3 Å². The molecule has 0 radical (unpaired) electrons. The largest absolute Gasteiger partial charge is 0.262 e. The van der Waals surface area contributed by atoms with Gasteiger partial charge in [0.1, 0.15) is 0 Å². The summed E-state index contributed by atoms with van der Waals surface area (Å²) in [6.45, 7) is 1.86. The van der Waals surface area contributed by atoms with E-state index in [1.165, 1.54) is 18.2 Å². The first-order valence-corrected chi connectivity index (χ1v) is 9.02. The molecule has 102 valence electrons. The van der Waals surface area contributed by atoms with Crippen molar-refractivity contribution in [2.75, 3.05) is 6.54 Å². The van der Waals surface area contributed by atoms with Gasteiger partial charge in [0.05, 0.1) is 9.79 Å². The van der Waals surface area contributed by atoms with Gasteiger partial charge in [-0.1, -0.05) is 15.3 Å². The smallest absolute Gasteiger partial charge is 0.211 e. The van der Waals surface area contributed by atoms with Crippen molar-refractivity contribution in [1.82, 2.24) is 7.08 Å². The molecule has 0 aliphatic carbocycles. The monoisotopic (exact) mass is 420 g/mol. The lowest BCUT2D eigenvalue weighted by Gasteiger charge is -2.09. The molecular formula is C8H10Br2N2O4S2. The minimum Gasteiger partial charge on any atom is -0.211 e. The summed E-state index contributed by atoms with van der Waals surface area (Å²) in [6, 6.07) is 5.07. The first-order valence-electron chi connectivity index (χ1n) is 4.68. The van der Waals surface area contributed by atoms with E-state index in [4.69, 9.17) is 0 Å². The number of nitrogens with zero attached hydrogens (tertiary/aromatic N) is 1. The number of hydrogen-bond donors (Lipinski definition) is 1. The van der Waals surface area contributed by atoms with Gasteiger partial charge in [-0.25, -0.2) is 21.6 Å². The van der Waals surface area contributed by atoms with Crippen LogP contribution in [-0.2, 0) is 20.0 Å². The van der Waals surface area contributed by atoms with Crippen molar-refractivity contribution in [2.24, 2.45) is 0 Å². The number of rotatable bonds is 5. The standard InChI is InChI=1S/C8H10Br2N2O4S2/c1-2-11-17(13,14)7-4-3-5-8(6-7)18(15,16)12(9)10/h3-6,11H,2H2,1H3. The van der Waals surface area contributed by atoms with E-state index in [0.717, 1.165) is 6.07 Å². The molecule has 0 saturated carbocycles. The highest BCUT2D eigenvalue weighted by Crippen LogP contribution is 2.24. The van der Waals surface area contributed by atoms with Crippen molar-refractivity contribution in [3.63, 3.8) is 0 Å². The second kappa shape index (κ2) is 5.97. The summed E-state index contributed by atoms with van der Waals surface area (Å²) in [5, 5.41) is 0. The molecule has 0 unspecified atom stereocenters. The van der Waals surface area contributed by atoms with Gasteiger partial charge in [-0.05, 0) is 18.2 Å². The van der Waals surface area contributed by atoms with Crippen molar-refractivity contribution < 1.29 is 16.8 Å². The van der Waals surface area contributed by atoms with Gasteiger partial charge < -0.3 is 0 Å². The van der Waals surface area contributed by atoms with Gasteiger partial charge in [0.2, 0.25) is 10.0 Å². The molecule has 0 saturated heterocycles. The number of sulfonamides is 2. The highest BCUT2D eigenvalue weighted by molar-refractivity contribution is 9.22. The van der Waals surface area contributed by atoms with Crippen LogP contribution < -0.4 is 4.72 Å². The van der Waals surface area contributed by atoms with Crippen LogP contribution in [0, 0.1) is 0 Å². The third kappa shape index (κ3) is 3.52. The Kier molecular flexibility index (Phi) is 5.32. The first-order chi connectivity index (χ1) is 8.21. The van der Waals surface area contributed by atoms with E-state index < -0.39 is 20.0 Å². The minimum atomic E-state index is -3.80. The average Bonchev–Trinajstić information content (AvgIpc) is 2.29. The Morgan fingerprint density at radius 3 is 2.22 bits per heavy atom. The lowest BCUT2D eigenvalue weighted by atomic mass is 10.4. The molecule has 0 amide bonds. The molecule has 0 aromatic heterocycles. The van der Waals surface area contributed by atoms with Gasteiger partial charge in [0.25, 0.3) is 10.0 Å². The zero-order valence-electron chi connectivity index (χ0n) is 9.17. The number of benzene rings is 1. The van der Waals surface area contributed by atoms with Crippen molar-refractivity contribution in [1.29, 1.82) is 0 Å². The van der Waals surface area contributed by atoms with Crippen LogP contribution in [0.2, 0.25) is 0 Å². The van der Waals surface area contributed by atoms with Gasteiger partial charge in [0.15, 0.2) is 0 Å². The molecule has 1 rings (SSSR count). The molecule has 18 heavy (non-hydrogen) atoms. The van der Waals surface area contributed by atoms with Crippen molar-refractivity contribution in [2.45, 2.75) is 16.7 Å². The average molecular weight is 422 g/mol. The van der Waals surface area contributed by atoms with E-state index in [2.05, 4.69) is 37.0 Å². The molecule has 0 spiro atoms. The lowest BCUT2D eigenvalue weighted by molar-refractivity contribution is 0.582. The third-order valence-corrected chi connectivity index (χ3v) is 6.97. The molecule has 0 aliphatic heterocycles. The Morgan fingerprint density at radius 1 is 1.17 bits per heavy atom. The van der Waals surface area contributed by atoms with Crippen LogP contribution in [0.25, 0.3) is 0 Å². The Hall–Kier alpha value is -0.000000000000000111. The van der Waals surface area contributed by atoms with E-state index in [9.17, 15) is 16.8 Å². The fraction of sp³-hybridized carbons (Fsp3) is 0.250. The molecule has 6 nitrogen and oxygen atoms in total. The maximum Gasteiger partial charge on any atom is 0.262 e. The number of halogens is 2. The molecule has 0 bridgehead atoms. The summed E-state index contributed by atoms with van der Waals surface area (Å²) in [6.07, 6.45) is 0. The van der Waals surface area contributed by atoms with E-state index in [1.807, 2.05) is 0 Å². The molecule has 1 N–H and O–H groups in total. The summed E-state index contributed by atoms with van der Waals surface area (Å²) in [5.41, 5.74) is 0. The minimum absolute atomic E-state index is 0.104. The number of hydrogen-bond acceptors (Lipinski definition) is 4. The molecule has 0 atom stereocenters. The lowest BCUT2D eigenvalue weighted by Crippen LogP contribution is -2.23. The van der Waals surface area contributed by atoms with Gasteiger partial charge in [-0.15, -0.1) is 0 Å². The van der Waals surface area contributed by atoms with E-state index in [0.29, 0.717) is 2.36 Å². The number of nitrogens with one attached hydrogen (secondary N) is 1. The molecule has 0 heterocycles. The summed E-state index contributed by atoms with van der Waals surface area (Å²) >= 11 is 5.47. The Morgan fingerprint density at radius 2 is 1.72 bits per heavy atom. The van der Waals surface area contributed by atoms with E-state index >= 15 is 0 Å². The Balaban J connectivity index is 3.32. The van der Waals surface area contributed by atoms with Crippen molar-refractivity contribution in [3.8, 4) is 0 Å².